The van der Waals surface area contributed by atoms with Gasteiger partial charge in [0.25, 0.3) is 10.0 Å². The van der Waals surface area contributed by atoms with E-state index < -0.39 is 15.9 Å². The first-order valence-electron chi connectivity index (χ1n) is 5.88. The lowest BCUT2D eigenvalue weighted by Crippen LogP contribution is -2.36. The van der Waals surface area contributed by atoms with Crippen molar-refractivity contribution in [2.75, 3.05) is 6.54 Å². The third-order valence-electron chi connectivity index (χ3n) is 2.45. The number of thiophene rings is 1. The van der Waals surface area contributed by atoms with Gasteiger partial charge in [-0.1, -0.05) is 6.07 Å². The van der Waals surface area contributed by atoms with Gasteiger partial charge >= 0.3 is 0 Å². The van der Waals surface area contributed by atoms with Gasteiger partial charge in [0.1, 0.15) is 4.21 Å². The largest absolute Gasteiger partial charge is 0.351 e. The molecule has 2 aromatic heterocycles. The molecular formula is C12H12BrN3O3S2. The minimum Gasteiger partial charge on any atom is -0.351 e. The molecule has 21 heavy (non-hydrogen) atoms. The predicted molar refractivity (Wildman–Crippen MR) is 83.3 cm³/mol. The monoisotopic (exact) mass is 389 g/mol. The van der Waals surface area contributed by atoms with E-state index in [0.29, 0.717) is 10.3 Å². The zero-order valence-electron chi connectivity index (χ0n) is 10.7. The SMILES string of the molecule is O=C(CNS(=O)(=O)c1ccc(Br)s1)NCc1cccnc1. The molecule has 0 atom stereocenters. The quantitative estimate of drug-likeness (QED) is 0.783. The van der Waals surface area contributed by atoms with Crippen LogP contribution in [0, 0.1) is 0 Å². The minimum absolute atomic E-state index is 0.162. The van der Waals surface area contributed by atoms with E-state index in [9.17, 15) is 13.2 Å². The van der Waals surface area contributed by atoms with Gasteiger partial charge in [0.15, 0.2) is 0 Å². The molecule has 0 radical (unpaired) electrons. The number of hydrogen-bond acceptors (Lipinski definition) is 5. The molecule has 2 rings (SSSR count). The summed E-state index contributed by atoms with van der Waals surface area (Å²) < 4.78 is 27.0. The van der Waals surface area contributed by atoms with Gasteiger partial charge in [0, 0.05) is 18.9 Å². The number of halogens is 1. The molecule has 2 N–H and O–H groups in total. The standard InChI is InChI=1S/C12H12BrN3O3S2/c13-10-3-4-12(20-10)21(18,19)16-8-11(17)15-7-9-2-1-5-14-6-9/h1-6,16H,7-8H2,(H,15,17). The maximum atomic E-state index is 11.9. The van der Waals surface area contributed by atoms with Gasteiger partial charge in [-0.15, -0.1) is 11.3 Å². The molecule has 0 saturated carbocycles. The van der Waals surface area contributed by atoms with Crippen LogP contribution in [0.5, 0.6) is 0 Å². The number of sulfonamides is 1. The zero-order chi connectivity index (χ0) is 15.3. The highest BCUT2D eigenvalue weighted by Crippen LogP contribution is 2.25. The first-order valence-corrected chi connectivity index (χ1v) is 8.97. The van der Waals surface area contributed by atoms with Gasteiger partial charge in [-0.05, 0) is 39.7 Å². The second-order valence-corrected chi connectivity index (χ2v) is 8.48. The number of aromatic nitrogens is 1. The average molecular weight is 390 g/mol. The van der Waals surface area contributed by atoms with Crippen molar-refractivity contribution in [1.29, 1.82) is 0 Å². The molecule has 0 bridgehead atoms. The number of pyridine rings is 1. The molecule has 0 unspecified atom stereocenters. The zero-order valence-corrected chi connectivity index (χ0v) is 14.0. The Morgan fingerprint density at radius 1 is 1.33 bits per heavy atom. The number of hydrogen-bond donors (Lipinski definition) is 2. The van der Waals surface area contributed by atoms with Gasteiger partial charge in [-0.3, -0.25) is 9.78 Å². The van der Waals surface area contributed by atoms with E-state index in [1.54, 1.807) is 24.5 Å². The lowest BCUT2D eigenvalue weighted by atomic mass is 10.3. The highest BCUT2D eigenvalue weighted by Gasteiger charge is 2.17. The molecule has 6 nitrogen and oxygen atoms in total. The van der Waals surface area contributed by atoms with Crippen molar-refractivity contribution in [3.05, 3.63) is 46.0 Å². The number of carbonyl (C=O) groups is 1. The number of nitrogens with one attached hydrogen (secondary N) is 2. The van der Waals surface area contributed by atoms with E-state index in [1.807, 2.05) is 6.07 Å². The summed E-state index contributed by atoms with van der Waals surface area (Å²) in [5.74, 6) is -0.405. The molecular weight excluding hydrogens is 378 g/mol. The van der Waals surface area contributed by atoms with Gasteiger partial charge in [0.05, 0.1) is 10.3 Å². The molecule has 0 aliphatic rings. The lowest BCUT2D eigenvalue weighted by molar-refractivity contribution is -0.120. The van der Waals surface area contributed by atoms with Crippen LogP contribution in [-0.4, -0.2) is 25.9 Å². The Hall–Kier alpha value is -1.29. The van der Waals surface area contributed by atoms with Crippen molar-refractivity contribution < 1.29 is 13.2 Å². The number of nitrogens with zero attached hydrogens (tertiary/aromatic N) is 1. The first kappa shape index (κ1) is 16.1. The Kier molecular flexibility index (Phi) is 5.45. The number of carbonyl (C=O) groups excluding carboxylic acids is 1. The molecule has 2 aromatic rings. The molecule has 112 valence electrons. The molecule has 1 amide bonds. The Labute approximate surface area is 134 Å². The fraction of sp³-hybridized carbons (Fsp3) is 0.167. The summed E-state index contributed by atoms with van der Waals surface area (Å²) in [6.07, 6.45) is 3.27. The summed E-state index contributed by atoms with van der Waals surface area (Å²) in [6, 6.07) is 6.70. The number of amides is 1. The van der Waals surface area contributed by atoms with Crippen LogP contribution in [0.25, 0.3) is 0 Å². The molecule has 2 heterocycles. The van der Waals surface area contributed by atoms with Gasteiger partial charge in [-0.2, -0.15) is 0 Å². The Morgan fingerprint density at radius 3 is 2.76 bits per heavy atom. The molecule has 0 aromatic carbocycles. The Balaban J connectivity index is 1.84. The van der Waals surface area contributed by atoms with Crippen LogP contribution < -0.4 is 10.0 Å². The third kappa shape index (κ3) is 4.88. The van der Waals surface area contributed by atoms with Crippen molar-refractivity contribution in [3.8, 4) is 0 Å². The van der Waals surface area contributed by atoms with Crippen molar-refractivity contribution >= 4 is 43.2 Å². The summed E-state index contributed by atoms with van der Waals surface area (Å²) >= 11 is 4.28. The van der Waals surface area contributed by atoms with Crippen molar-refractivity contribution in [2.45, 2.75) is 10.8 Å². The summed E-state index contributed by atoms with van der Waals surface area (Å²) in [4.78, 5) is 15.6. The van der Waals surface area contributed by atoms with Crippen LogP contribution in [0.4, 0.5) is 0 Å². The summed E-state index contributed by atoms with van der Waals surface area (Å²) in [5.41, 5.74) is 0.843. The van der Waals surface area contributed by atoms with E-state index >= 15 is 0 Å². The molecule has 9 heteroatoms. The summed E-state index contributed by atoms with van der Waals surface area (Å²) in [7, 11) is -3.65. The highest BCUT2D eigenvalue weighted by atomic mass is 79.9. The smallest absolute Gasteiger partial charge is 0.250 e. The average Bonchev–Trinajstić information content (AvgIpc) is 2.92. The normalized spacial score (nSPS) is 11.3. The topological polar surface area (TPSA) is 88.2 Å². The van der Waals surface area contributed by atoms with Crippen LogP contribution in [-0.2, 0) is 21.4 Å². The Bertz CT molecular complexity index is 716. The maximum absolute atomic E-state index is 11.9. The molecule has 0 saturated heterocycles. The lowest BCUT2D eigenvalue weighted by Gasteiger charge is -2.06. The van der Waals surface area contributed by atoms with Crippen LogP contribution in [0.15, 0.2) is 44.7 Å². The van der Waals surface area contributed by atoms with Gasteiger partial charge in [0.2, 0.25) is 5.91 Å². The van der Waals surface area contributed by atoms with E-state index in [1.165, 1.54) is 6.07 Å². The van der Waals surface area contributed by atoms with Crippen molar-refractivity contribution in [3.63, 3.8) is 0 Å². The van der Waals surface area contributed by atoms with Crippen molar-refractivity contribution in [2.24, 2.45) is 0 Å². The molecule has 0 spiro atoms. The van der Waals surface area contributed by atoms with Crippen molar-refractivity contribution in [1.82, 2.24) is 15.0 Å². The molecule has 0 aliphatic carbocycles. The molecule has 0 aliphatic heterocycles. The predicted octanol–water partition coefficient (Wildman–Crippen LogP) is 1.50. The summed E-state index contributed by atoms with van der Waals surface area (Å²) in [6.45, 7) is -0.00291. The van der Waals surface area contributed by atoms with Crippen LogP contribution in [0.1, 0.15) is 5.56 Å². The fourth-order valence-electron chi connectivity index (χ4n) is 1.44. The third-order valence-corrected chi connectivity index (χ3v) is 5.97. The van der Waals surface area contributed by atoms with Gasteiger partial charge in [-0.25, -0.2) is 13.1 Å². The van der Waals surface area contributed by atoms with Crippen LogP contribution in [0.2, 0.25) is 0 Å². The Morgan fingerprint density at radius 2 is 2.14 bits per heavy atom. The maximum Gasteiger partial charge on any atom is 0.250 e. The summed E-state index contributed by atoms with van der Waals surface area (Å²) in [5, 5.41) is 2.62. The fourth-order valence-corrected chi connectivity index (χ4v) is 4.48. The van der Waals surface area contributed by atoms with E-state index in [-0.39, 0.29) is 10.8 Å². The van der Waals surface area contributed by atoms with Crippen LogP contribution >= 0.6 is 27.3 Å². The number of rotatable bonds is 6. The first-order chi connectivity index (χ1) is 9.97. The second-order valence-electron chi connectivity index (χ2n) is 4.02. The van der Waals surface area contributed by atoms with E-state index in [4.69, 9.17) is 0 Å². The van der Waals surface area contributed by atoms with Gasteiger partial charge < -0.3 is 5.32 Å². The minimum atomic E-state index is -3.65. The van der Waals surface area contributed by atoms with E-state index in [2.05, 4.69) is 31.0 Å². The van der Waals surface area contributed by atoms with E-state index in [0.717, 1.165) is 16.9 Å². The van der Waals surface area contributed by atoms with Crippen LogP contribution in [0.3, 0.4) is 0 Å². The highest BCUT2D eigenvalue weighted by molar-refractivity contribution is 9.11. The molecule has 0 fully saturated rings. The second kappa shape index (κ2) is 7.12.